The number of hydrogen-bond donors (Lipinski definition) is 1. The van der Waals surface area contributed by atoms with Gasteiger partial charge >= 0.3 is 0 Å². The summed E-state index contributed by atoms with van der Waals surface area (Å²) in [6.07, 6.45) is 3.07. The number of thiophene rings is 1. The summed E-state index contributed by atoms with van der Waals surface area (Å²) in [5, 5.41) is 2.90. The first-order chi connectivity index (χ1) is 14.0. The predicted octanol–water partition coefficient (Wildman–Crippen LogP) is 2.35. The van der Waals surface area contributed by atoms with Crippen molar-refractivity contribution in [2.45, 2.75) is 64.9 Å². The van der Waals surface area contributed by atoms with Crippen molar-refractivity contribution in [2.24, 2.45) is 11.8 Å². The van der Waals surface area contributed by atoms with Gasteiger partial charge in [-0.25, -0.2) is 13.4 Å². The van der Waals surface area contributed by atoms with Gasteiger partial charge in [0.05, 0.1) is 11.7 Å². The summed E-state index contributed by atoms with van der Waals surface area (Å²) >= 11 is 1.20. The fourth-order valence-electron chi connectivity index (χ4n) is 4.04. The zero-order valence-corrected chi connectivity index (χ0v) is 19.8. The third kappa shape index (κ3) is 4.45. The second-order valence-electron chi connectivity index (χ2n) is 8.49. The third-order valence-electron chi connectivity index (χ3n) is 5.57. The van der Waals surface area contributed by atoms with E-state index in [9.17, 15) is 18.0 Å². The summed E-state index contributed by atoms with van der Waals surface area (Å²) in [4.78, 5) is 30.7. The summed E-state index contributed by atoms with van der Waals surface area (Å²) in [6.45, 7) is 10.3. The maximum Gasteiger partial charge on any atom is 0.263 e. The number of fused-ring (bicyclic) bond motifs is 1. The third-order valence-corrected chi connectivity index (χ3v) is 8.71. The SMILES string of the molecule is CC[C@H](C)NC(=O)Cn1cnc2sc(C)c(S(=O)(=O)N3C[C@H](C)C[C@@H](C)C3)c2c1=O. The van der Waals surface area contributed by atoms with Gasteiger partial charge in [0.1, 0.15) is 16.3 Å². The Kier molecular flexibility index (Phi) is 6.69. The lowest BCUT2D eigenvalue weighted by atomic mass is 9.94. The Balaban J connectivity index is 2.04. The highest BCUT2D eigenvalue weighted by molar-refractivity contribution is 7.89. The molecule has 3 rings (SSSR count). The summed E-state index contributed by atoms with van der Waals surface area (Å²) in [7, 11) is -3.84. The normalized spacial score (nSPS) is 21.6. The zero-order valence-electron chi connectivity index (χ0n) is 18.1. The molecule has 1 N–H and O–H groups in total. The van der Waals surface area contributed by atoms with E-state index in [1.54, 1.807) is 6.92 Å². The van der Waals surface area contributed by atoms with E-state index in [0.717, 1.165) is 12.8 Å². The smallest absolute Gasteiger partial charge is 0.263 e. The number of aryl methyl sites for hydroxylation is 1. The number of rotatable bonds is 6. The van der Waals surface area contributed by atoms with Crippen molar-refractivity contribution in [2.75, 3.05) is 13.1 Å². The van der Waals surface area contributed by atoms with Crippen molar-refractivity contribution in [1.82, 2.24) is 19.2 Å². The van der Waals surface area contributed by atoms with Gasteiger partial charge in [-0.05, 0) is 38.5 Å². The van der Waals surface area contributed by atoms with Gasteiger partial charge in [-0.3, -0.25) is 14.2 Å². The molecule has 2 aromatic heterocycles. The summed E-state index contributed by atoms with van der Waals surface area (Å²) in [6, 6.07) is -0.00713. The highest BCUT2D eigenvalue weighted by atomic mass is 32.2. The molecule has 0 saturated carbocycles. The van der Waals surface area contributed by atoms with E-state index < -0.39 is 15.6 Å². The number of nitrogens with one attached hydrogen (secondary N) is 1. The molecule has 0 aliphatic carbocycles. The van der Waals surface area contributed by atoms with Crippen molar-refractivity contribution in [3.63, 3.8) is 0 Å². The van der Waals surface area contributed by atoms with Crippen LogP contribution in [0, 0.1) is 18.8 Å². The minimum Gasteiger partial charge on any atom is -0.352 e. The molecule has 0 unspecified atom stereocenters. The molecule has 0 aromatic carbocycles. The lowest BCUT2D eigenvalue weighted by Crippen LogP contribution is -2.43. The van der Waals surface area contributed by atoms with Crippen LogP contribution in [-0.2, 0) is 21.4 Å². The molecule has 0 radical (unpaired) electrons. The minimum atomic E-state index is -3.84. The Morgan fingerprint density at radius 3 is 2.57 bits per heavy atom. The van der Waals surface area contributed by atoms with E-state index in [2.05, 4.69) is 10.3 Å². The number of aromatic nitrogens is 2. The summed E-state index contributed by atoms with van der Waals surface area (Å²) < 4.78 is 29.7. The number of carbonyl (C=O) groups excluding carboxylic acids is 1. The molecular weight excluding hydrogens is 424 g/mol. The van der Waals surface area contributed by atoms with Crippen LogP contribution in [0.4, 0.5) is 0 Å². The van der Waals surface area contributed by atoms with Crippen LogP contribution in [0.5, 0.6) is 0 Å². The van der Waals surface area contributed by atoms with Gasteiger partial charge in [0.2, 0.25) is 15.9 Å². The van der Waals surface area contributed by atoms with Crippen LogP contribution in [0.15, 0.2) is 16.0 Å². The van der Waals surface area contributed by atoms with E-state index in [1.165, 1.54) is 26.5 Å². The van der Waals surface area contributed by atoms with E-state index >= 15 is 0 Å². The Bertz CT molecular complexity index is 1100. The maximum absolute atomic E-state index is 13.5. The van der Waals surface area contributed by atoms with Gasteiger partial charge < -0.3 is 5.32 Å². The molecule has 1 fully saturated rings. The van der Waals surface area contributed by atoms with Gasteiger partial charge in [0, 0.05) is 24.0 Å². The quantitative estimate of drug-likeness (QED) is 0.722. The maximum atomic E-state index is 13.5. The summed E-state index contributed by atoms with van der Waals surface area (Å²) in [5.74, 6) is 0.211. The predicted molar refractivity (Wildman–Crippen MR) is 118 cm³/mol. The molecule has 1 aliphatic heterocycles. The Morgan fingerprint density at radius 1 is 1.33 bits per heavy atom. The van der Waals surface area contributed by atoms with Crippen LogP contribution >= 0.6 is 11.3 Å². The van der Waals surface area contributed by atoms with Crippen LogP contribution in [0.2, 0.25) is 0 Å². The molecule has 1 saturated heterocycles. The summed E-state index contributed by atoms with van der Waals surface area (Å²) in [5.41, 5.74) is -0.500. The molecule has 3 heterocycles. The van der Waals surface area contributed by atoms with Gasteiger partial charge in [-0.1, -0.05) is 20.8 Å². The van der Waals surface area contributed by atoms with Crippen molar-refractivity contribution in [1.29, 1.82) is 0 Å². The first-order valence-corrected chi connectivity index (χ1v) is 12.6. The molecular formula is C20H30N4O4S2. The molecule has 1 aliphatic rings. The molecule has 2 aromatic rings. The first-order valence-electron chi connectivity index (χ1n) is 10.3. The average Bonchev–Trinajstić information content (AvgIpc) is 3.00. The molecule has 0 bridgehead atoms. The monoisotopic (exact) mass is 454 g/mol. The van der Waals surface area contributed by atoms with Crippen LogP contribution < -0.4 is 10.9 Å². The van der Waals surface area contributed by atoms with Crippen molar-refractivity contribution in [3.05, 3.63) is 21.6 Å². The largest absolute Gasteiger partial charge is 0.352 e. The second-order valence-corrected chi connectivity index (χ2v) is 11.6. The van der Waals surface area contributed by atoms with Crippen molar-refractivity contribution >= 4 is 37.5 Å². The van der Waals surface area contributed by atoms with Gasteiger partial charge in [-0.2, -0.15) is 4.31 Å². The number of sulfonamides is 1. The minimum absolute atomic E-state index is 0.00713. The van der Waals surface area contributed by atoms with E-state index in [0.29, 0.717) is 22.8 Å². The molecule has 0 spiro atoms. The fraction of sp³-hybridized carbons (Fsp3) is 0.650. The Labute approximate surface area is 181 Å². The second kappa shape index (κ2) is 8.76. The highest BCUT2D eigenvalue weighted by Crippen LogP contribution is 2.35. The van der Waals surface area contributed by atoms with E-state index in [4.69, 9.17) is 0 Å². The molecule has 10 heteroatoms. The number of nitrogens with zero attached hydrogens (tertiary/aromatic N) is 3. The van der Waals surface area contributed by atoms with Crippen molar-refractivity contribution < 1.29 is 13.2 Å². The number of hydrogen-bond acceptors (Lipinski definition) is 6. The van der Waals surface area contributed by atoms with Crippen LogP contribution in [0.3, 0.4) is 0 Å². The van der Waals surface area contributed by atoms with Crippen molar-refractivity contribution in [3.8, 4) is 0 Å². The van der Waals surface area contributed by atoms with E-state index in [-0.39, 0.29) is 40.6 Å². The standard InChI is InChI=1S/C20H30N4O4S2/c1-6-14(4)22-16(25)10-23-11-21-19-17(20(23)26)18(15(5)29-19)30(27,28)24-8-12(2)7-13(3)9-24/h11-14H,6-10H2,1-5H3,(H,22,25)/t12-,13-,14+/m1/s1. The Morgan fingerprint density at radius 2 is 1.97 bits per heavy atom. The van der Waals surface area contributed by atoms with Crippen LogP contribution in [-0.4, -0.2) is 47.3 Å². The first kappa shape index (κ1) is 22.9. The number of amides is 1. The van der Waals surface area contributed by atoms with Crippen LogP contribution in [0.1, 0.15) is 45.4 Å². The van der Waals surface area contributed by atoms with Gasteiger partial charge in [0.15, 0.2) is 0 Å². The molecule has 1 amide bonds. The molecule has 166 valence electrons. The van der Waals surface area contributed by atoms with Gasteiger partial charge in [-0.15, -0.1) is 11.3 Å². The molecule has 3 atom stereocenters. The van der Waals surface area contributed by atoms with Crippen LogP contribution in [0.25, 0.3) is 10.2 Å². The van der Waals surface area contributed by atoms with Gasteiger partial charge in [0.25, 0.3) is 5.56 Å². The highest BCUT2D eigenvalue weighted by Gasteiger charge is 2.35. The lowest BCUT2D eigenvalue weighted by Gasteiger charge is -2.34. The Hall–Kier alpha value is -1.78. The lowest BCUT2D eigenvalue weighted by molar-refractivity contribution is -0.122. The topological polar surface area (TPSA) is 101 Å². The number of carbonyl (C=O) groups is 1. The zero-order chi connectivity index (χ0) is 22.2. The number of piperidine rings is 1. The fourth-order valence-corrected chi connectivity index (χ4v) is 7.39. The molecule has 30 heavy (non-hydrogen) atoms. The molecule has 8 nitrogen and oxygen atoms in total. The average molecular weight is 455 g/mol. The van der Waals surface area contributed by atoms with E-state index in [1.807, 2.05) is 27.7 Å².